The molecule has 3 aromatic rings. The van der Waals surface area contributed by atoms with Crippen LogP contribution in [0.1, 0.15) is 5.56 Å². The molecule has 0 fully saturated rings. The van der Waals surface area contributed by atoms with Gasteiger partial charge in [0.1, 0.15) is 12.4 Å². The Bertz CT molecular complexity index is 1120. The molecule has 0 saturated carbocycles. The number of para-hydroxylation sites is 1. The first-order chi connectivity index (χ1) is 13.8. The number of sulfonamides is 1. The van der Waals surface area contributed by atoms with Crippen molar-refractivity contribution in [3.05, 3.63) is 89.2 Å². The molecule has 0 heterocycles. The summed E-state index contributed by atoms with van der Waals surface area (Å²) in [4.78, 5) is 12.6. The Labute approximate surface area is 173 Å². The van der Waals surface area contributed by atoms with E-state index >= 15 is 0 Å². The Morgan fingerprint density at radius 1 is 1.00 bits per heavy atom. The average molecular weight is 433 g/mol. The molecule has 1 amide bonds. The molecule has 0 aliphatic carbocycles. The van der Waals surface area contributed by atoms with Crippen LogP contribution in [-0.4, -0.2) is 20.9 Å². The van der Waals surface area contributed by atoms with Gasteiger partial charge in [-0.3, -0.25) is 9.10 Å². The molecule has 3 rings (SSSR count). The Morgan fingerprint density at radius 2 is 1.62 bits per heavy atom. The van der Waals surface area contributed by atoms with Gasteiger partial charge in [-0.1, -0.05) is 41.4 Å². The van der Waals surface area contributed by atoms with E-state index in [9.17, 15) is 17.6 Å². The number of nitrogens with one attached hydrogen (secondary N) is 1. The van der Waals surface area contributed by atoms with Gasteiger partial charge in [0.2, 0.25) is 5.91 Å². The van der Waals surface area contributed by atoms with Crippen molar-refractivity contribution in [2.75, 3.05) is 16.2 Å². The summed E-state index contributed by atoms with van der Waals surface area (Å²) in [6, 6.07) is 17.8. The van der Waals surface area contributed by atoms with E-state index in [0.29, 0.717) is 10.7 Å². The van der Waals surface area contributed by atoms with Crippen LogP contribution in [0.15, 0.2) is 77.7 Å². The maximum Gasteiger partial charge on any atom is 0.264 e. The van der Waals surface area contributed by atoms with Crippen LogP contribution in [0.5, 0.6) is 0 Å². The van der Waals surface area contributed by atoms with Gasteiger partial charge in [-0.05, 0) is 55.5 Å². The molecule has 150 valence electrons. The average Bonchev–Trinajstić information content (AvgIpc) is 2.69. The molecule has 0 aromatic heterocycles. The van der Waals surface area contributed by atoms with E-state index in [4.69, 9.17) is 11.6 Å². The maximum atomic E-state index is 13.3. The van der Waals surface area contributed by atoms with Gasteiger partial charge in [-0.15, -0.1) is 0 Å². The molecule has 3 aromatic carbocycles. The van der Waals surface area contributed by atoms with Crippen molar-refractivity contribution in [3.63, 3.8) is 0 Å². The highest BCUT2D eigenvalue weighted by Gasteiger charge is 2.27. The van der Waals surface area contributed by atoms with Crippen LogP contribution in [0, 0.1) is 12.7 Å². The van der Waals surface area contributed by atoms with Gasteiger partial charge in [-0.2, -0.15) is 0 Å². The van der Waals surface area contributed by atoms with Crippen LogP contribution in [0.2, 0.25) is 5.02 Å². The molecule has 8 heteroatoms. The van der Waals surface area contributed by atoms with Crippen molar-refractivity contribution < 1.29 is 17.6 Å². The van der Waals surface area contributed by atoms with Crippen molar-refractivity contribution in [1.82, 2.24) is 0 Å². The number of hydrogen-bond acceptors (Lipinski definition) is 3. The fourth-order valence-corrected chi connectivity index (χ4v) is 4.25. The lowest BCUT2D eigenvalue weighted by Gasteiger charge is -2.24. The second kappa shape index (κ2) is 8.63. The first kappa shape index (κ1) is 20.8. The summed E-state index contributed by atoms with van der Waals surface area (Å²) in [5.74, 6) is -1.10. The van der Waals surface area contributed by atoms with Crippen molar-refractivity contribution in [1.29, 1.82) is 0 Å². The number of nitrogens with zero attached hydrogens (tertiary/aromatic N) is 1. The highest BCUT2D eigenvalue weighted by Crippen LogP contribution is 2.25. The first-order valence-electron chi connectivity index (χ1n) is 8.67. The standard InChI is InChI=1S/C21H18ClFN2O3S/c1-15-6-12-18(13-7-15)29(27,28)25(17-10-8-16(23)9-11-17)14-21(26)24-20-5-3-2-4-19(20)22/h2-13H,14H2,1H3,(H,24,26). The van der Waals surface area contributed by atoms with Crippen LogP contribution in [-0.2, 0) is 14.8 Å². The van der Waals surface area contributed by atoms with E-state index in [0.717, 1.165) is 22.0 Å². The fraction of sp³-hybridized carbons (Fsp3) is 0.0952. The monoisotopic (exact) mass is 432 g/mol. The van der Waals surface area contributed by atoms with Gasteiger partial charge in [-0.25, -0.2) is 12.8 Å². The summed E-state index contributed by atoms with van der Waals surface area (Å²) in [6.07, 6.45) is 0. The second-order valence-corrected chi connectivity index (χ2v) is 8.60. The quantitative estimate of drug-likeness (QED) is 0.618. The normalized spacial score (nSPS) is 11.1. The topological polar surface area (TPSA) is 66.5 Å². The molecular weight excluding hydrogens is 415 g/mol. The number of rotatable bonds is 6. The van der Waals surface area contributed by atoms with Crippen molar-refractivity contribution in [3.8, 4) is 0 Å². The number of amides is 1. The zero-order valence-electron chi connectivity index (χ0n) is 15.5. The third-order valence-electron chi connectivity index (χ3n) is 4.16. The van der Waals surface area contributed by atoms with E-state index in [1.54, 1.807) is 36.4 Å². The molecule has 0 bridgehead atoms. The molecule has 0 aliphatic heterocycles. The van der Waals surface area contributed by atoms with E-state index in [1.807, 2.05) is 6.92 Å². The minimum atomic E-state index is -4.06. The number of carbonyl (C=O) groups is 1. The predicted octanol–water partition coefficient (Wildman–Crippen LogP) is 4.62. The van der Waals surface area contributed by atoms with Crippen LogP contribution in [0.3, 0.4) is 0 Å². The highest BCUT2D eigenvalue weighted by molar-refractivity contribution is 7.92. The number of benzene rings is 3. The lowest BCUT2D eigenvalue weighted by Crippen LogP contribution is -2.38. The number of hydrogen-bond donors (Lipinski definition) is 1. The minimum Gasteiger partial charge on any atom is -0.323 e. The molecule has 5 nitrogen and oxygen atoms in total. The SMILES string of the molecule is Cc1ccc(S(=O)(=O)N(CC(=O)Nc2ccccc2Cl)c2ccc(F)cc2)cc1. The third-order valence-corrected chi connectivity index (χ3v) is 6.28. The zero-order chi connectivity index (χ0) is 21.0. The van der Waals surface area contributed by atoms with Gasteiger partial charge in [0.25, 0.3) is 10.0 Å². The van der Waals surface area contributed by atoms with Crippen molar-refractivity contribution in [2.24, 2.45) is 0 Å². The zero-order valence-corrected chi connectivity index (χ0v) is 17.0. The number of anilines is 2. The van der Waals surface area contributed by atoms with Crippen LogP contribution in [0.25, 0.3) is 0 Å². The number of carbonyl (C=O) groups excluding carboxylic acids is 1. The number of halogens is 2. The Hall–Kier alpha value is -2.90. The summed E-state index contributed by atoms with van der Waals surface area (Å²) in [6.45, 7) is 1.33. The largest absolute Gasteiger partial charge is 0.323 e. The van der Waals surface area contributed by atoms with E-state index < -0.39 is 28.3 Å². The minimum absolute atomic E-state index is 0.0259. The molecule has 0 atom stereocenters. The van der Waals surface area contributed by atoms with E-state index in [-0.39, 0.29) is 10.6 Å². The summed E-state index contributed by atoms with van der Waals surface area (Å²) in [7, 11) is -4.06. The van der Waals surface area contributed by atoms with Gasteiger partial charge in [0, 0.05) is 0 Å². The summed E-state index contributed by atoms with van der Waals surface area (Å²) in [5.41, 5.74) is 1.43. The lowest BCUT2D eigenvalue weighted by molar-refractivity contribution is -0.114. The highest BCUT2D eigenvalue weighted by atomic mass is 35.5. The maximum absolute atomic E-state index is 13.3. The smallest absolute Gasteiger partial charge is 0.264 e. The van der Waals surface area contributed by atoms with Gasteiger partial charge >= 0.3 is 0 Å². The van der Waals surface area contributed by atoms with Crippen molar-refractivity contribution in [2.45, 2.75) is 11.8 Å². The first-order valence-corrected chi connectivity index (χ1v) is 10.5. The Balaban J connectivity index is 1.95. The van der Waals surface area contributed by atoms with Crippen LogP contribution in [0.4, 0.5) is 15.8 Å². The lowest BCUT2D eigenvalue weighted by atomic mass is 10.2. The number of aryl methyl sites for hydroxylation is 1. The fourth-order valence-electron chi connectivity index (χ4n) is 2.64. The van der Waals surface area contributed by atoms with Gasteiger partial charge in [0.15, 0.2) is 0 Å². The third kappa shape index (κ3) is 4.93. The molecule has 0 unspecified atom stereocenters. The predicted molar refractivity (Wildman–Crippen MR) is 112 cm³/mol. The van der Waals surface area contributed by atoms with E-state index in [1.165, 1.54) is 24.3 Å². The summed E-state index contributed by atoms with van der Waals surface area (Å²) >= 11 is 6.05. The van der Waals surface area contributed by atoms with Crippen LogP contribution >= 0.6 is 11.6 Å². The van der Waals surface area contributed by atoms with Gasteiger partial charge in [0.05, 0.1) is 21.3 Å². The second-order valence-electron chi connectivity index (χ2n) is 6.33. The molecule has 29 heavy (non-hydrogen) atoms. The Morgan fingerprint density at radius 3 is 2.24 bits per heavy atom. The van der Waals surface area contributed by atoms with Crippen molar-refractivity contribution >= 4 is 38.9 Å². The molecule has 0 aliphatic rings. The van der Waals surface area contributed by atoms with Crippen LogP contribution < -0.4 is 9.62 Å². The Kier molecular flexibility index (Phi) is 6.20. The summed E-state index contributed by atoms with van der Waals surface area (Å²) < 4.78 is 40.7. The molecule has 0 radical (unpaired) electrons. The molecule has 0 saturated heterocycles. The molecular formula is C21H18ClFN2O3S. The molecule has 1 N–H and O–H groups in total. The molecule has 0 spiro atoms. The van der Waals surface area contributed by atoms with Gasteiger partial charge < -0.3 is 5.32 Å². The van der Waals surface area contributed by atoms with E-state index in [2.05, 4.69) is 5.32 Å². The summed E-state index contributed by atoms with van der Waals surface area (Å²) in [5, 5.41) is 2.93.